The van der Waals surface area contributed by atoms with E-state index in [-0.39, 0.29) is 0 Å². The Morgan fingerprint density at radius 1 is 0.889 bits per heavy atom. The van der Waals surface area contributed by atoms with Gasteiger partial charge in [0.25, 0.3) is 0 Å². The van der Waals surface area contributed by atoms with E-state index < -0.39 is 8.80 Å². The fourth-order valence-electron chi connectivity index (χ4n) is 2.48. The molecule has 0 spiro atoms. The number of nitrogens with zero attached hydrogens (tertiary/aromatic N) is 1. The zero-order chi connectivity index (χ0) is 12.9. The van der Waals surface area contributed by atoms with Crippen LogP contribution in [0, 0.1) is 0 Å². The topological polar surface area (TPSA) is 3.24 Å². The van der Waals surface area contributed by atoms with Gasteiger partial charge in [-0.1, -0.05) is 38.4 Å². The Balaban J connectivity index is 2.25. The van der Waals surface area contributed by atoms with E-state index in [2.05, 4.69) is 86.8 Å². The van der Waals surface area contributed by atoms with Crippen molar-refractivity contribution in [3.05, 3.63) is 45.3 Å². The van der Waals surface area contributed by atoms with E-state index in [4.69, 9.17) is 0 Å². The average molecular weight is 382 g/mol. The average Bonchev–Trinajstić information content (AvgIpc) is 2.35. The number of benzene rings is 2. The molecule has 0 aliphatic carbocycles. The number of halogens is 2. The Morgan fingerprint density at radius 3 is 1.78 bits per heavy atom. The Bertz CT molecular complexity index is 574. The molecule has 4 heteroatoms. The summed E-state index contributed by atoms with van der Waals surface area (Å²) in [6.07, 6.45) is 0. The minimum atomic E-state index is -0.685. The number of anilines is 2. The van der Waals surface area contributed by atoms with Crippen LogP contribution in [-0.4, -0.2) is 15.8 Å². The van der Waals surface area contributed by atoms with E-state index in [1.54, 1.807) is 0 Å². The molecule has 0 atom stereocenters. The summed E-state index contributed by atoms with van der Waals surface area (Å²) in [5, 5.41) is 2.95. The third-order valence-corrected chi connectivity index (χ3v) is 6.85. The zero-order valence-corrected chi connectivity index (χ0v) is 14.3. The SMILES string of the molecule is CN1c2ccc(Br)cc2[Si](C)c2cc(Br)ccc21. The van der Waals surface area contributed by atoms with Crippen molar-refractivity contribution >= 4 is 62.4 Å². The number of fused-ring (bicyclic) bond motifs is 2. The van der Waals surface area contributed by atoms with Gasteiger partial charge in [0.2, 0.25) is 0 Å². The standard InChI is InChI=1S/C14H12Br2NSi/c1-17-11-5-3-9(15)7-13(11)18(2)14-8-10(16)4-6-12(14)17/h3-8H,1-2H3. The van der Waals surface area contributed by atoms with Crippen LogP contribution in [0.4, 0.5) is 11.4 Å². The van der Waals surface area contributed by atoms with Crippen molar-refractivity contribution in [2.75, 3.05) is 11.9 Å². The van der Waals surface area contributed by atoms with Crippen molar-refractivity contribution in [2.24, 2.45) is 0 Å². The van der Waals surface area contributed by atoms with Crippen LogP contribution in [0.15, 0.2) is 45.3 Å². The summed E-state index contributed by atoms with van der Waals surface area (Å²) in [4.78, 5) is 2.29. The summed E-state index contributed by atoms with van der Waals surface area (Å²) in [5.41, 5.74) is 2.67. The van der Waals surface area contributed by atoms with Crippen LogP contribution in [0.3, 0.4) is 0 Å². The van der Waals surface area contributed by atoms with Gasteiger partial charge in [0, 0.05) is 27.4 Å². The van der Waals surface area contributed by atoms with Crippen molar-refractivity contribution < 1.29 is 0 Å². The first-order valence-corrected chi connectivity index (χ1v) is 9.33. The van der Waals surface area contributed by atoms with Gasteiger partial charge in [0.05, 0.1) is 0 Å². The Labute approximate surface area is 126 Å². The predicted octanol–water partition coefficient (Wildman–Crippen LogP) is 3.53. The van der Waals surface area contributed by atoms with Gasteiger partial charge >= 0.3 is 0 Å². The maximum atomic E-state index is 3.58. The van der Waals surface area contributed by atoms with E-state index in [0.29, 0.717) is 0 Å². The monoisotopic (exact) mass is 380 g/mol. The minimum absolute atomic E-state index is 0.685. The van der Waals surface area contributed by atoms with E-state index >= 15 is 0 Å². The van der Waals surface area contributed by atoms with Crippen molar-refractivity contribution in [3.63, 3.8) is 0 Å². The molecule has 1 aliphatic heterocycles. The molecule has 0 unspecified atom stereocenters. The van der Waals surface area contributed by atoms with Crippen LogP contribution < -0.4 is 15.3 Å². The van der Waals surface area contributed by atoms with Crippen LogP contribution in [-0.2, 0) is 0 Å². The Hall–Kier alpha value is -0.583. The maximum Gasteiger partial charge on any atom is 0.123 e. The first kappa shape index (κ1) is 12.5. The zero-order valence-electron chi connectivity index (χ0n) is 10.2. The molecule has 1 radical (unpaired) electrons. The number of hydrogen-bond acceptors (Lipinski definition) is 1. The van der Waals surface area contributed by atoms with Gasteiger partial charge in [0.1, 0.15) is 8.80 Å². The van der Waals surface area contributed by atoms with Crippen molar-refractivity contribution in [2.45, 2.75) is 6.55 Å². The molecule has 0 bridgehead atoms. The van der Waals surface area contributed by atoms with E-state index in [1.807, 2.05) is 0 Å². The molecular weight excluding hydrogens is 370 g/mol. The third-order valence-electron chi connectivity index (χ3n) is 3.45. The van der Waals surface area contributed by atoms with E-state index in [9.17, 15) is 0 Å². The van der Waals surface area contributed by atoms with Crippen molar-refractivity contribution in [1.82, 2.24) is 0 Å². The molecular formula is C14H12Br2NSi. The molecule has 1 heterocycles. The van der Waals surface area contributed by atoms with Gasteiger partial charge in [0.15, 0.2) is 0 Å². The van der Waals surface area contributed by atoms with Crippen LogP contribution in [0.5, 0.6) is 0 Å². The van der Waals surface area contributed by atoms with Gasteiger partial charge in [-0.05, 0) is 46.8 Å². The number of rotatable bonds is 0. The second-order valence-electron chi connectivity index (χ2n) is 4.51. The van der Waals surface area contributed by atoms with Crippen LogP contribution >= 0.6 is 31.9 Å². The highest BCUT2D eigenvalue weighted by Gasteiger charge is 2.27. The molecule has 18 heavy (non-hydrogen) atoms. The van der Waals surface area contributed by atoms with Gasteiger partial charge in [-0.25, -0.2) is 0 Å². The molecule has 0 fully saturated rings. The normalized spacial score (nSPS) is 14.3. The van der Waals surface area contributed by atoms with Crippen LogP contribution in [0.1, 0.15) is 0 Å². The molecule has 2 aromatic rings. The lowest BCUT2D eigenvalue weighted by Gasteiger charge is -2.33. The summed E-state index contributed by atoms with van der Waals surface area (Å²) < 4.78 is 2.33. The maximum absolute atomic E-state index is 3.58. The van der Waals surface area contributed by atoms with E-state index in [1.165, 1.54) is 21.7 Å². The molecule has 1 nitrogen and oxygen atoms in total. The highest BCUT2D eigenvalue weighted by atomic mass is 79.9. The molecule has 0 saturated heterocycles. The highest BCUT2D eigenvalue weighted by molar-refractivity contribution is 9.10. The summed E-state index contributed by atoms with van der Waals surface area (Å²) in [7, 11) is 1.46. The van der Waals surface area contributed by atoms with Crippen LogP contribution in [0.2, 0.25) is 6.55 Å². The van der Waals surface area contributed by atoms with Crippen molar-refractivity contribution in [1.29, 1.82) is 0 Å². The van der Waals surface area contributed by atoms with Gasteiger partial charge in [-0.3, -0.25) is 0 Å². The van der Waals surface area contributed by atoms with Gasteiger partial charge in [-0.15, -0.1) is 0 Å². The lowest BCUT2D eigenvalue weighted by molar-refractivity contribution is 1.21. The second-order valence-corrected chi connectivity index (χ2v) is 8.67. The largest absolute Gasteiger partial charge is 0.345 e. The lowest BCUT2D eigenvalue weighted by Crippen LogP contribution is -2.48. The number of hydrogen-bond donors (Lipinski definition) is 0. The second kappa shape index (κ2) is 4.51. The first-order valence-electron chi connectivity index (χ1n) is 5.75. The summed E-state index contributed by atoms with van der Waals surface area (Å²) in [5.74, 6) is 0. The smallest absolute Gasteiger partial charge is 0.123 e. The third kappa shape index (κ3) is 1.87. The predicted molar refractivity (Wildman–Crippen MR) is 87.2 cm³/mol. The molecule has 0 saturated carbocycles. The quantitative estimate of drug-likeness (QED) is 0.631. The molecule has 0 amide bonds. The minimum Gasteiger partial charge on any atom is -0.345 e. The summed E-state index contributed by atoms with van der Waals surface area (Å²) >= 11 is 7.16. The van der Waals surface area contributed by atoms with Crippen LogP contribution in [0.25, 0.3) is 0 Å². The van der Waals surface area contributed by atoms with E-state index in [0.717, 1.165) is 8.95 Å². The first-order chi connectivity index (χ1) is 8.58. The fraction of sp³-hybridized carbons (Fsp3) is 0.143. The molecule has 0 aromatic heterocycles. The summed E-state index contributed by atoms with van der Waals surface area (Å²) in [6.45, 7) is 2.37. The van der Waals surface area contributed by atoms with Gasteiger partial charge < -0.3 is 4.90 Å². The molecule has 3 rings (SSSR count). The fourth-order valence-corrected chi connectivity index (χ4v) is 5.93. The molecule has 2 aromatic carbocycles. The molecule has 0 N–H and O–H groups in total. The van der Waals surface area contributed by atoms with Gasteiger partial charge in [-0.2, -0.15) is 0 Å². The lowest BCUT2D eigenvalue weighted by atomic mass is 10.2. The molecule has 1 aliphatic rings. The summed E-state index contributed by atoms with van der Waals surface area (Å²) in [6, 6.07) is 13.2. The Kier molecular flexibility index (Phi) is 3.12. The highest BCUT2D eigenvalue weighted by Crippen LogP contribution is 2.28. The molecule has 91 valence electrons. The van der Waals surface area contributed by atoms with Crippen molar-refractivity contribution in [3.8, 4) is 0 Å². The Morgan fingerprint density at radius 2 is 1.33 bits per heavy atom.